The van der Waals surface area contributed by atoms with Crippen molar-refractivity contribution in [3.8, 4) is 5.75 Å². The molecule has 1 fully saturated rings. The van der Waals surface area contributed by atoms with Gasteiger partial charge in [0.15, 0.2) is 0 Å². The molecule has 7 nitrogen and oxygen atoms in total. The second kappa shape index (κ2) is 10.2. The monoisotopic (exact) mass is 416 g/mol. The molecule has 0 bridgehead atoms. The van der Waals surface area contributed by atoms with E-state index in [1.165, 1.54) is 6.20 Å². The lowest BCUT2D eigenvalue weighted by atomic mass is 9.97. The van der Waals surface area contributed by atoms with Crippen LogP contribution in [0.3, 0.4) is 0 Å². The average Bonchev–Trinajstić information content (AvgIpc) is 2.74. The fourth-order valence-electron chi connectivity index (χ4n) is 3.37. The number of carbonyl (C=O) groups excluding carboxylic acids is 2. The summed E-state index contributed by atoms with van der Waals surface area (Å²) in [5, 5.41) is 6.25. The first-order valence-corrected chi connectivity index (χ1v) is 10.0. The molecule has 1 saturated heterocycles. The Kier molecular flexibility index (Phi) is 7.43. The molecule has 1 aromatic heterocycles. The molecule has 1 atom stereocenters. The van der Waals surface area contributed by atoms with E-state index in [9.17, 15) is 9.59 Å². The van der Waals surface area contributed by atoms with Crippen molar-refractivity contribution in [2.75, 3.05) is 37.4 Å². The summed E-state index contributed by atoms with van der Waals surface area (Å²) in [6, 6.07) is 10.7. The molecule has 0 spiro atoms. The van der Waals surface area contributed by atoms with Gasteiger partial charge in [0.05, 0.1) is 23.7 Å². The van der Waals surface area contributed by atoms with Gasteiger partial charge in [-0.25, -0.2) is 4.98 Å². The number of nitrogens with zero attached hydrogens (tertiary/aromatic N) is 2. The van der Waals surface area contributed by atoms with Crippen LogP contribution in [0.15, 0.2) is 42.6 Å². The number of methoxy groups -OCH3 is 1. The number of nitrogens with one attached hydrogen (secondary N) is 2. The van der Waals surface area contributed by atoms with Crippen LogP contribution >= 0.6 is 11.6 Å². The lowest BCUT2D eigenvalue weighted by Crippen LogP contribution is -2.41. The number of hydrogen-bond donors (Lipinski definition) is 2. The summed E-state index contributed by atoms with van der Waals surface area (Å²) in [6.45, 7) is 2.11. The van der Waals surface area contributed by atoms with Gasteiger partial charge in [0.25, 0.3) is 0 Å². The molecule has 1 aromatic carbocycles. The topological polar surface area (TPSA) is 83.6 Å². The number of piperidine rings is 1. The lowest BCUT2D eigenvalue weighted by Gasteiger charge is -2.31. The average molecular weight is 417 g/mol. The molecule has 1 aliphatic rings. The van der Waals surface area contributed by atoms with E-state index in [0.29, 0.717) is 41.8 Å². The van der Waals surface area contributed by atoms with Gasteiger partial charge in [-0.3, -0.25) is 9.59 Å². The van der Waals surface area contributed by atoms with Crippen LogP contribution in [0.25, 0.3) is 0 Å². The first kappa shape index (κ1) is 21.1. The van der Waals surface area contributed by atoms with E-state index in [-0.39, 0.29) is 17.7 Å². The van der Waals surface area contributed by atoms with Gasteiger partial charge in [0, 0.05) is 25.7 Å². The summed E-state index contributed by atoms with van der Waals surface area (Å²) < 4.78 is 5.25. The number of carbonyl (C=O) groups is 2. The van der Waals surface area contributed by atoms with Gasteiger partial charge in [-0.2, -0.15) is 0 Å². The van der Waals surface area contributed by atoms with Crippen LogP contribution in [0.2, 0.25) is 5.02 Å². The van der Waals surface area contributed by atoms with E-state index in [1.807, 2.05) is 18.2 Å². The van der Waals surface area contributed by atoms with Gasteiger partial charge in [-0.1, -0.05) is 23.7 Å². The van der Waals surface area contributed by atoms with Gasteiger partial charge in [-0.15, -0.1) is 0 Å². The Hall–Kier alpha value is -2.64. The summed E-state index contributed by atoms with van der Waals surface area (Å²) in [6.07, 6.45) is 3.60. The zero-order valence-corrected chi connectivity index (χ0v) is 17.1. The second-order valence-corrected chi connectivity index (χ2v) is 7.43. The quantitative estimate of drug-likeness (QED) is 0.722. The van der Waals surface area contributed by atoms with Crippen molar-refractivity contribution in [3.63, 3.8) is 0 Å². The highest BCUT2D eigenvalue weighted by atomic mass is 35.5. The predicted octanol–water partition coefficient (Wildman–Crippen LogP) is 3.42. The number of halogens is 1. The number of anilines is 2. The SMILES string of the molecule is COc1ccccc1NC(=O)CCN1CCCC(C(=O)Nc2ccc(Cl)cn2)C1. The standard InChI is InChI=1S/C21H25ClN4O3/c1-29-18-7-3-2-6-17(18)24-20(27)10-12-26-11-4-5-15(14-26)21(28)25-19-9-8-16(22)13-23-19/h2-3,6-9,13,15H,4-5,10-12,14H2,1H3,(H,24,27)(H,23,25,28). The predicted molar refractivity (Wildman–Crippen MR) is 113 cm³/mol. The largest absolute Gasteiger partial charge is 0.495 e. The molecule has 2 aromatic rings. The van der Waals surface area contributed by atoms with Crippen molar-refractivity contribution >= 4 is 34.9 Å². The van der Waals surface area contributed by atoms with E-state index in [1.54, 1.807) is 25.3 Å². The molecule has 0 saturated carbocycles. The van der Waals surface area contributed by atoms with Crippen molar-refractivity contribution in [3.05, 3.63) is 47.6 Å². The molecule has 1 unspecified atom stereocenters. The number of amides is 2. The maximum atomic E-state index is 12.5. The number of pyridine rings is 1. The van der Waals surface area contributed by atoms with Gasteiger partial charge < -0.3 is 20.3 Å². The molecular weight excluding hydrogens is 392 g/mol. The first-order chi connectivity index (χ1) is 14.0. The maximum Gasteiger partial charge on any atom is 0.229 e. The van der Waals surface area contributed by atoms with Crippen LogP contribution in [0.5, 0.6) is 5.75 Å². The molecule has 0 radical (unpaired) electrons. The van der Waals surface area contributed by atoms with Crippen LogP contribution in [0.1, 0.15) is 19.3 Å². The number of likely N-dealkylation sites (tertiary alicyclic amines) is 1. The highest BCUT2D eigenvalue weighted by Gasteiger charge is 2.26. The Morgan fingerprint density at radius 2 is 2.07 bits per heavy atom. The fraction of sp³-hybridized carbons (Fsp3) is 0.381. The number of para-hydroxylation sites is 2. The van der Waals surface area contributed by atoms with Crippen molar-refractivity contribution in [1.29, 1.82) is 0 Å². The molecule has 1 aliphatic heterocycles. The highest BCUT2D eigenvalue weighted by Crippen LogP contribution is 2.23. The number of rotatable bonds is 7. The Morgan fingerprint density at radius 1 is 1.24 bits per heavy atom. The third-order valence-corrected chi connectivity index (χ3v) is 5.11. The number of benzene rings is 1. The third-order valence-electron chi connectivity index (χ3n) is 4.89. The molecule has 2 heterocycles. The minimum atomic E-state index is -0.126. The van der Waals surface area contributed by atoms with Crippen molar-refractivity contribution in [1.82, 2.24) is 9.88 Å². The van der Waals surface area contributed by atoms with E-state index in [0.717, 1.165) is 19.4 Å². The normalized spacial score (nSPS) is 16.8. The lowest BCUT2D eigenvalue weighted by molar-refractivity contribution is -0.121. The van der Waals surface area contributed by atoms with Crippen LogP contribution in [-0.2, 0) is 9.59 Å². The second-order valence-electron chi connectivity index (χ2n) is 6.99. The smallest absolute Gasteiger partial charge is 0.229 e. The third kappa shape index (κ3) is 6.17. The number of hydrogen-bond acceptors (Lipinski definition) is 5. The zero-order chi connectivity index (χ0) is 20.6. The van der Waals surface area contributed by atoms with Gasteiger partial charge >= 0.3 is 0 Å². The number of aromatic nitrogens is 1. The van der Waals surface area contributed by atoms with Crippen molar-refractivity contribution in [2.24, 2.45) is 5.92 Å². The van der Waals surface area contributed by atoms with E-state index in [4.69, 9.17) is 16.3 Å². The summed E-state index contributed by atoms with van der Waals surface area (Å²) >= 11 is 5.82. The van der Waals surface area contributed by atoms with Crippen molar-refractivity contribution < 1.29 is 14.3 Å². The Balaban J connectivity index is 1.47. The molecule has 2 N–H and O–H groups in total. The van der Waals surface area contributed by atoms with Gasteiger partial charge in [-0.05, 0) is 43.7 Å². The van der Waals surface area contributed by atoms with Crippen LogP contribution in [-0.4, -0.2) is 48.4 Å². The van der Waals surface area contributed by atoms with E-state index < -0.39 is 0 Å². The molecule has 0 aliphatic carbocycles. The Morgan fingerprint density at radius 3 is 2.83 bits per heavy atom. The van der Waals surface area contributed by atoms with Gasteiger partial charge in [0.1, 0.15) is 11.6 Å². The number of ether oxygens (including phenoxy) is 1. The Bertz CT molecular complexity index is 844. The zero-order valence-electron chi connectivity index (χ0n) is 16.4. The highest BCUT2D eigenvalue weighted by molar-refractivity contribution is 6.30. The summed E-state index contributed by atoms with van der Waals surface area (Å²) in [5.41, 5.74) is 0.659. The van der Waals surface area contributed by atoms with E-state index in [2.05, 4.69) is 20.5 Å². The molecule has 154 valence electrons. The molecular formula is C21H25ClN4O3. The fourth-order valence-corrected chi connectivity index (χ4v) is 3.48. The van der Waals surface area contributed by atoms with Crippen molar-refractivity contribution in [2.45, 2.75) is 19.3 Å². The van der Waals surface area contributed by atoms with Gasteiger partial charge in [0.2, 0.25) is 11.8 Å². The maximum absolute atomic E-state index is 12.5. The van der Waals surface area contributed by atoms with Crippen LogP contribution in [0.4, 0.5) is 11.5 Å². The molecule has 29 heavy (non-hydrogen) atoms. The van der Waals surface area contributed by atoms with E-state index >= 15 is 0 Å². The summed E-state index contributed by atoms with van der Waals surface area (Å²) in [7, 11) is 1.57. The minimum Gasteiger partial charge on any atom is -0.495 e. The minimum absolute atomic E-state index is 0.0528. The van der Waals surface area contributed by atoms with Crippen LogP contribution in [0, 0.1) is 5.92 Å². The summed E-state index contributed by atoms with van der Waals surface area (Å²) in [4.78, 5) is 31.1. The molecule has 2 amide bonds. The molecule has 3 rings (SSSR count). The summed E-state index contributed by atoms with van der Waals surface area (Å²) in [5.74, 6) is 0.868. The Labute approximate surface area is 175 Å². The van der Waals surface area contributed by atoms with Crippen LogP contribution < -0.4 is 15.4 Å². The first-order valence-electron chi connectivity index (χ1n) is 9.63. The molecule has 8 heteroatoms.